The molecule has 0 bridgehead atoms. The summed E-state index contributed by atoms with van der Waals surface area (Å²) in [6.07, 6.45) is 0.560. The van der Waals surface area contributed by atoms with Gasteiger partial charge in [0.1, 0.15) is 17.2 Å². The van der Waals surface area contributed by atoms with Crippen LogP contribution in [0.1, 0.15) is 39.1 Å². The highest BCUT2D eigenvalue weighted by molar-refractivity contribution is 5.94. The lowest BCUT2D eigenvalue weighted by Crippen LogP contribution is -2.31. The third-order valence-electron chi connectivity index (χ3n) is 4.14. The Balaban J connectivity index is 1.64. The van der Waals surface area contributed by atoms with Crippen LogP contribution in [0.15, 0.2) is 42.5 Å². The molecule has 0 spiro atoms. The Hall–Kier alpha value is -2.80. The summed E-state index contributed by atoms with van der Waals surface area (Å²) in [7, 11) is 0. The van der Waals surface area contributed by atoms with E-state index in [-0.39, 0.29) is 29.2 Å². The van der Waals surface area contributed by atoms with Gasteiger partial charge in [-0.05, 0) is 36.2 Å². The Labute approximate surface area is 143 Å². The number of aromatic nitrogens is 1. The number of nitrogens with zero attached hydrogens (tertiary/aromatic N) is 1. The summed E-state index contributed by atoms with van der Waals surface area (Å²) >= 11 is 0. The first-order valence-corrected chi connectivity index (χ1v) is 7.90. The summed E-state index contributed by atoms with van der Waals surface area (Å²) in [6, 6.07) is 10.4. The maximum Gasteiger partial charge on any atom is 0.354 e. The lowest BCUT2D eigenvalue weighted by atomic mass is 9.95. The van der Waals surface area contributed by atoms with E-state index in [0.29, 0.717) is 13.2 Å². The smallest absolute Gasteiger partial charge is 0.354 e. The fourth-order valence-corrected chi connectivity index (χ4v) is 2.86. The number of carbonyl (C=O) groups excluding carboxylic acids is 1. The zero-order valence-electron chi connectivity index (χ0n) is 13.3. The molecule has 3 rings (SSSR count). The van der Waals surface area contributed by atoms with E-state index >= 15 is 0 Å². The van der Waals surface area contributed by atoms with Gasteiger partial charge in [0.25, 0.3) is 5.91 Å². The number of aromatic carboxylic acids is 1. The van der Waals surface area contributed by atoms with Gasteiger partial charge in [-0.2, -0.15) is 0 Å². The second-order valence-electron chi connectivity index (χ2n) is 5.81. The first kappa shape index (κ1) is 17.0. The number of halogens is 1. The SMILES string of the molecule is O=C(O)c1cccc(C(=O)NC[C@@H]2CCO[C@H]2c2ccc(F)cc2)n1. The van der Waals surface area contributed by atoms with Crippen molar-refractivity contribution in [2.45, 2.75) is 12.5 Å². The van der Waals surface area contributed by atoms with Crippen molar-refractivity contribution in [3.8, 4) is 0 Å². The van der Waals surface area contributed by atoms with Gasteiger partial charge < -0.3 is 15.2 Å². The zero-order chi connectivity index (χ0) is 17.8. The van der Waals surface area contributed by atoms with Gasteiger partial charge in [-0.25, -0.2) is 14.2 Å². The van der Waals surface area contributed by atoms with Gasteiger partial charge in [-0.3, -0.25) is 4.79 Å². The molecule has 0 unspecified atom stereocenters. The van der Waals surface area contributed by atoms with Crippen LogP contribution in [0, 0.1) is 11.7 Å². The number of benzene rings is 1. The molecule has 0 aliphatic carbocycles. The van der Waals surface area contributed by atoms with Gasteiger partial charge in [0.2, 0.25) is 0 Å². The summed E-state index contributed by atoms with van der Waals surface area (Å²) in [5.41, 5.74) is 0.738. The lowest BCUT2D eigenvalue weighted by molar-refractivity contribution is 0.0690. The number of ether oxygens (including phenoxy) is 1. The van der Waals surface area contributed by atoms with Gasteiger partial charge in [0.15, 0.2) is 0 Å². The quantitative estimate of drug-likeness (QED) is 0.870. The molecule has 1 aliphatic rings. The van der Waals surface area contributed by atoms with Crippen LogP contribution in [0.4, 0.5) is 4.39 Å². The highest BCUT2D eigenvalue weighted by atomic mass is 19.1. The Morgan fingerprint density at radius 2 is 1.92 bits per heavy atom. The van der Waals surface area contributed by atoms with Crippen molar-refractivity contribution in [3.05, 3.63) is 65.2 Å². The number of rotatable bonds is 5. The lowest BCUT2D eigenvalue weighted by Gasteiger charge is -2.19. The second kappa shape index (κ2) is 7.40. The summed E-state index contributed by atoms with van der Waals surface area (Å²) in [5, 5.41) is 11.7. The number of carbonyl (C=O) groups is 2. The Morgan fingerprint density at radius 3 is 2.64 bits per heavy atom. The Bertz CT molecular complexity index is 779. The molecule has 1 saturated heterocycles. The zero-order valence-corrected chi connectivity index (χ0v) is 13.3. The molecule has 2 heterocycles. The average Bonchev–Trinajstić information content (AvgIpc) is 3.09. The van der Waals surface area contributed by atoms with Gasteiger partial charge in [-0.15, -0.1) is 0 Å². The van der Waals surface area contributed by atoms with Crippen molar-refractivity contribution in [2.75, 3.05) is 13.2 Å². The van der Waals surface area contributed by atoms with Gasteiger partial charge in [-0.1, -0.05) is 18.2 Å². The first-order valence-electron chi connectivity index (χ1n) is 7.90. The molecular weight excluding hydrogens is 327 g/mol. The molecule has 0 radical (unpaired) electrons. The molecule has 0 saturated carbocycles. The number of hydrogen-bond acceptors (Lipinski definition) is 4. The summed E-state index contributed by atoms with van der Waals surface area (Å²) in [5.74, 6) is -1.88. The highest BCUT2D eigenvalue weighted by Gasteiger charge is 2.30. The molecule has 6 nitrogen and oxygen atoms in total. The van der Waals surface area contributed by atoms with Crippen LogP contribution < -0.4 is 5.32 Å². The van der Waals surface area contributed by atoms with Crippen LogP contribution in [0.5, 0.6) is 0 Å². The van der Waals surface area contributed by atoms with E-state index in [9.17, 15) is 14.0 Å². The molecule has 1 aromatic carbocycles. The van der Waals surface area contributed by atoms with E-state index in [2.05, 4.69) is 10.3 Å². The molecule has 2 N–H and O–H groups in total. The number of carboxylic acid groups (broad SMARTS) is 1. The molecule has 1 aliphatic heterocycles. The van der Waals surface area contributed by atoms with Gasteiger partial charge >= 0.3 is 5.97 Å². The van der Waals surface area contributed by atoms with Crippen molar-refractivity contribution in [3.63, 3.8) is 0 Å². The highest BCUT2D eigenvalue weighted by Crippen LogP contribution is 2.34. The van der Waals surface area contributed by atoms with Crippen LogP contribution in [-0.2, 0) is 4.74 Å². The molecule has 130 valence electrons. The minimum Gasteiger partial charge on any atom is -0.477 e. The van der Waals surface area contributed by atoms with Crippen LogP contribution in [0.25, 0.3) is 0 Å². The maximum atomic E-state index is 13.1. The predicted octanol–water partition coefficient (Wildman–Crippen LogP) is 2.43. The third kappa shape index (κ3) is 4.00. The monoisotopic (exact) mass is 344 g/mol. The number of pyridine rings is 1. The van der Waals surface area contributed by atoms with Crippen LogP contribution in [0.2, 0.25) is 0 Å². The standard InChI is InChI=1S/C18H17FN2O4/c19-13-6-4-11(5-7-13)16-12(8-9-25-16)10-20-17(22)14-2-1-3-15(21-14)18(23)24/h1-7,12,16H,8-10H2,(H,20,22)(H,23,24)/t12-,16-/m0/s1. The number of carboxylic acids is 1. The first-order chi connectivity index (χ1) is 12.0. The van der Waals surface area contributed by atoms with Crippen molar-refractivity contribution in [1.82, 2.24) is 10.3 Å². The van der Waals surface area contributed by atoms with E-state index < -0.39 is 11.9 Å². The van der Waals surface area contributed by atoms with Crippen LogP contribution in [-0.4, -0.2) is 35.1 Å². The van der Waals surface area contributed by atoms with Crippen molar-refractivity contribution in [1.29, 1.82) is 0 Å². The van der Waals surface area contributed by atoms with Gasteiger partial charge in [0.05, 0.1) is 6.10 Å². The minimum absolute atomic E-state index is 0.0528. The molecule has 7 heteroatoms. The topological polar surface area (TPSA) is 88.5 Å². The number of nitrogens with one attached hydrogen (secondary N) is 1. The average molecular weight is 344 g/mol. The predicted molar refractivity (Wildman–Crippen MR) is 86.7 cm³/mol. The van der Waals surface area contributed by atoms with Crippen molar-refractivity contribution >= 4 is 11.9 Å². The Kier molecular flexibility index (Phi) is 5.04. The molecule has 25 heavy (non-hydrogen) atoms. The van der Waals surface area contributed by atoms with Crippen LogP contribution >= 0.6 is 0 Å². The molecule has 1 amide bonds. The number of amides is 1. The minimum atomic E-state index is -1.18. The van der Waals surface area contributed by atoms with Crippen molar-refractivity contribution < 1.29 is 23.8 Å². The van der Waals surface area contributed by atoms with Gasteiger partial charge in [0, 0.05) is 19.1 Å². The summed E-state index contributed by atoms with van der Waals surface area (Å²) in [4.78, 5) is 27.0. The van der Waals surface area contributed by atoms with Crippen molar-refractivity contribution in [2.24, 2.45) is 5.92 Å². The van der Waals surface area contributed by atoms with E-state index in [1.165, 1.54) is 30.3 Å². The third-order valence-corrected chi connectivity index (χ3v) is 4.14. The summed E-state index contributed by atoms with van der Waals surface area (Å²) < 4.78 is 18.8. The normalized spacial score (nSPS) is 19.6. The largest absolute Gasteiger partial charge is 0.477 e. The van der Waals surface area contributed by atoms with E-state index in [1.807, 2.05) is 0 Å². The fraction of sp³-hybridized carbons (Fsp3) is 0.278. The van der Waals surface area contributed by atoms with E-state index in [1.54, 1.807) is 12.1 Å². The Morgan fingerprint density at radius 1 is 1.20 bits per heavy atom. The second-order valence-corrected chi connectivity index (χ2v) is 5.81. The number of hydrogen-bond donors (Lipinski definition) is 2. The van der Waals surface area contributed by atoms with E-state index in [0.717, 1.165) is 12.0 Å². The summed E-state index contributed by atoms with van der Waals surface area (Å²) in [6.45, 7) is 0.926. The molecule has 2 aromatic rings. The molecule has 1 fully saturated rings. The van der Waals surface area contributed by atoms with Crippen LogP contribution in [0.3, 0.4) is 0 Å². The molecular formula is C18H17FN2O4. The molecule has 2 atom stereocenters. The maximum absolute atomic E-state index is 13.1. The fourth-order valence-electron chi connectivity index (χ4n) is 2.86. The van der Waals surface area contributed by atoms with E-state index in [4.69, 9.17) is 9.84 Å². The molecule has 1 aromatic heterocycles.